The van der Waals surface area contributed by atoms with Crippen LogP contribution in [0.25, 0.3) is 11.3 Å². The van der Waals surface area contributed by atoms with Crippen LogP contribution >= 0.6 is 0 Å². The molecule has 1 fully saturated rings. The van der Waals surface area contributed by atoms with Crippen LogP contribution in [0.5, 0.6) is 5.75 Å². The van der Waals surface area contributed by atoms with E-state index in [-0.39, 0.29) is 5.41 Å². The quantitative estimate of drug-likeness (QED) is 0.267. The first-order valence-electron chi connectivity index (χ1n) is 14.4. The molecule has 222 valence electrons. The van der Waals surface area contributed by atoms with E-state index in [9.17, 15) is 9.90 Å². The van der Waals surface area contributed by atoms with E-state index in [4.69, 9.17) is 19.7 Å². The van der Waals surface area contributed by atoms with Crippen molar-refractivity contribution in [1.29, 1.82) is 5.26 Å². The first kappa shape index (κ1) is 30.8. The number of carbonyl (C=O) groups is 1. The maximum absolute atomic E-state index is 12.6. The smallest absolute Gasteiger partial charge is 0.337 e. The SMILES string of the molecule is Cc1ncc(-c2ccc(NCCOc3ccc(C#N)cc3)cn2)c(N2CCC(C)(C)CC2)c1[C@H](OC(C)(C)C)C(=O)O. The van der Waals surface area contributed by atoms with Crippen LogP contribution < -0.4 is 15.0 Å². The number of carboxylic acids is 1. The third-order valence-electron chi connectivity index (χ3n) is 7.40. The van der Waals surface area contributed by atoms with Crippen molar-refractivity contribution in [2.24, 2.45) is 5.41 Å². The van der Waals surface area contributed by atoms with Gasteiger partial charge in [-0.3, -0.25) is 9.97 Å². The van der Waals surface area contributed by atoms with Crippen molar-refractivity contribution in [2.75, 3.05) is 36.5 Å². The van der Waals surface area contributed by atoms with Gasteiger partial charge in [-0.05, 0) is 82.3 Å². The van der Waals surface area contributed by atoms with Crippen molar-refractivity contribution in [3.05, 3.63) is 65.6 Å². The fourth-order valence-electron chi connectivity index (χ4n) is 5.02. The molecule has 0 amide bonds. The van der Waals surface area contributed by atoms with E-state index in [0.29, 0.717) is 41.4 Å². The second-order valence-electron chi connectivity index (χ2n) is 12.5. The van der Waals surface area contributed by atoms with Gasteiger partial charge in [-0.1, -0.05) is 13.8 Å². The van der Waals surface area contributed by atoms with E-state index in [1.165, 1.54) is 0 Å². The van der Waals surface area contributed by atoms with Gasteiger partial charge in [0.05, 0.1) is 40.5 Å². The lowest BCUT2D eigenvalue weighted by molar-refractivity contribution is -0.160. The summed E-state index contributed by atoms with van der Waals surface area (Å²) in [5.41, 5.74) is 4.54. The third kappa shape index (κ3) is 7.77. The van der Waals surface area contributed by atoms with E-state index in [1.807, 2.05) is 39.8 Å². The van der Waals surface area contributed by atoms with Crippen molar-refractivity contribution in [3.8, 4) is 23.1 Å². The topological polar surface area (TPSA) is 121 Å². The van der Waals surface area contributed by atoms with Gasteiger partial charge in [-0.25, -0.2) is 4.79 Å². The lowest BCUT2D eigenvalue weighted by Crippen LogP contribution is -2.39. The number of aryl methyl sites for hydroxylation is 1. The Hall–Kier alpha value is -4.16. The minimum atomic E-state index is -1.17. The predicted molar refractivity (Wildman–Crippen MR) is 164 cm³/mol. The van der Waals surface area contributed by atoms with Gasteiger partial charge in [0.2, 0.25) is 0 Å². The molecular formula is C33H41N5O4. The van der Waals surface area contributed by atoms with Crippen LogP contribution in [0.2, 0.25) is 0 Å². The number of ether oxygens (including phenoxy) is 2. The summed E-state index contributed by atoms with van der Waals surface area (Å²) in [5, 5.41) is 22.5. The molecule has 0 aliphatic carbocycles. The number of nitrogens with one attached hydrogen (secondary N) is 1. The van der Waals surface area contributed by atoms with Crippen molar-refractivity contribution in [3.63, 3.8) is 0 Å². The number of aromatic nitrogens is 2. The summed E-state index contributed by atoms with van der Waals surface area (Å²) >= 11 is 0. The number of anilines is 2. The molecule has 0 radical (unpaired) electrons. The molecule has 1 aromatic carbocycles. The number of piperidine rings is 1. The van der Waals surface area contributed by atoms with Crippen LogP contribution in [-0.4, -0.2) is 52.9 Å². The van der Waals surface area contributed by atoms with Crippen LogP contribution in [0.15, 0.2) is 48.8 Å². The Labute approximate surface area is 248 Å². The average Bonchev–Trinajstić information content (AvgIpc) is 2.94. The number of rotatable bonds is 10. The minimum Gasteiger partial charge on any atom is -0.492 e. The fourth-order valence-corrected chi connectivity index (χ4v) is 5.02. The molecule has 42 heavy (non-hydrogen) atoms. The molecule has 0 unspecified atom stereocenters. The van der Waals surface area contributed by atoms with Crippen molar-refractivity contribution >= 4 is 17.3 Å². The number of carboxylic acid groups (broad SMARTS) is 1. The summed E-state index contributed by atoms with van der Waals surface area (Å²) < 4.78 is 11.9. The Morgan fingerprint density at radius 1 is 1.12 bits per heavy atom. The number of nitriles is 1. The van der Waals surface area contributed by atoms with Crippen LogP contribution in [0.1, 0.15) is 70.4 Å². The number of nitrogens with zero attached hydrogens (tertiary/aromatic N) is 4. The molecule has 1 aliphatic rings. The third-order valence-corrected chi connectivity index (χ3v) is 7.40. The second kappa shape index (κ2) is 12.8. The summed E-state index contributed by atoms with van der Waals surface area (Å²) in [6, 6.07) is 13.0. The maximum atomic E-state index is 12.6. The molecule has 4 rings (SSSR count). The number of benzene rings is 1. The molecule has 2 aromatic heterocycles. The Kier molecular flexibility index (Phi) is 9.37. The largest absolute Gasteiger partial charge is 0.492 e. The van der Waals surface area contributed by atoms with Gasteiger partial charge in [0.15, 0.2) is 6.10 Å². The van der Waals surface area contributed by atoms with Gasteiger partial charge >= 0.3 is 5.97 Å². The molecule has 3 aromatic rings. The molecule has 1 atom stereocenters. The zero-order chi connectivity index (χ0) is 30.5. The molecule has 0 bridgehead atoms. The highest BCUT2D eigenvalue weighted by atomic mass is 16.5. The molecular weight excluding hydrogens is 530 g/mol. The second-order valence-corrected chi connectivity index (χ2v) is 12.5. The molecule has 1 saturated heterocycles. The molecule has 9 heteroatoms. The van der Waals surface area contributed by atoms with Crippen LogP contribution in [-0.2, 0) is 9.53 Å². The van der Waals surface area contributed by atoms with Gasteiger partial charge in [0, 0.05) is 42.7 Å². The van der Waals surface area contributed by atoms with E-state index in [0.717, 1.165) is 42.9 Å². The van der Waals surface area contributed by atoms with Crippen LogP contribution in [0, 0.1) is 23.7 Å². The Balaban J connectivity index is 1.59. The maximum Gasteiger partial charge on any atom is 0.337 e. The van der Waals surface area contributed by atoms with Crippen molar-refractivity contribution in [1.82, 2.24) is 9.97 Å². The lowest BCUT2D eigenvalue weighted by Gasteiger charge is -2.40. The standard InChI is InChI=1S/C33H41N5O4/c1-22-28(30(31(39)40)42-32(2,3)4)29(38-16-13-33(5,6)14-17-38)26(21-36-22)27-12-9-24(20-37-27)35-15-18-41-25-10-7-23(19-34)8-11-25/h7-12,20-21,30,35H,13-18H2,1-6H3,(H,39,40)/t30-/m0/s1. The van der Waals surface area contributed by atoms with Gasteiger partial charge in [-0.15, -0.1) is 0 Å². The number of pyridine rings is 2. The van der Waals surface area contributed by atoms with Crippen LogP contribution in [0.4, 0.5) is 11.4 Å². The summed E-state index contributed by atoms with van der Waals surface area (Å²) in [6.45, 7) is 14.6. The van der Waals surface area contributed by atoms with E-state index < -0.39 is 17.7 Å². The minimum absolute atomic E-state index is 0.225. The normalized spacial score (nSPS) is 15.5. The molecule has 3 heterocycles. The Morgan fingerprint density at radius 2 is 1.81 bits per heavy atom. The molecule has 2 N–H and O–H groups in total. The Morgan fingerprint density at radius 3 is 2.38 bits per heavy atom. The van der Waals surface area contributed by atoms with Crippen LogP contribution in [0.3, 0.4) is 0 Å². The first-order chi connectivity index (χ1) is 19.9. The summed E-state index contributed by atoms with van der Waals surface area (Å²) in [5.74, 6) is -0.336. The van der Waals surface area contributed by atoms with Gasteiger partial charge in [-0.2, -0.15) is 5.26 Å². The lowest BCUT2D eigenvalue weighted by atomic mass is 9.82. The highest BCUT2D eigenvalue weighted by molar-refractivity contribution is 5.85. The fraction of sp³-hybridized carbons (Fsp3) is 0.455. The van der Waals surface area contributed by atoms with E-state index >= 15 is 0 Å². The highest BCUT2D eigenvalue weighted by Gasteiger charge is 2.36. The number of hydrogen-bond acceptors (Lipinski definition) is 8. The number of aliphatic carboxylic acids is 1. The zero-order valence-corrected chi connectivity index (χ0v) is 25.4. The summed E-state index contributed by atoms with van der Waals surface area (Å²) in [4.78, 5) is 24.3. The van der Waals surface area contributed by atoms with E-state index in [2.05, 4.69) is 35.1 Å². The highest BCUT2D eigenvalue weighted by Crippen LogP contribution is 2.43. The molecule has 1 aliphatic heterocycles. The van der Waals surface area contributed by atoms with Gasteiger partial charge in [0.1, 0.15) is 12.4 Å². The predicted octanol–water partition coefficient (Wildman–Crippen LogP) is 6.38. The average molecular weight is 572 g/mol. The molecule has 0 saturated carbocycles. The number of hydrogen-bond donors (Lipinski definition) is 2. The summed E-state index contributed by atoms with van der Waals surface area (Å²) in [7, 11) is 0. The van der Waals surface area contributed by atoms with E-state index in [1.54, 1.807) is 36.7 Å². The molecule has 0 spiro atoms. The monoisotopic (exact) mass is 571 g/mol. The molecule has 9 nitrogen and oxygen atoms in total. The zero-order valence-electron chi connectivity index (χ0n) is 25.4. The summed E-state index contributed by atoms with van der Waals surface area (Å²) in [6.07, 6.45) is 4.38. The first-order valence-corrected chi connectivity index (χ1v) is 14.4. The van der Waals surface area contributed by atoms with Gasteiger partial charge in [0.25, 0.3) is 0 Å². The van der Waals surface area contributed by atoms with Crippen molar-refractivity contribution < 1.29 is 19.4 Å². The van der Waals surface area contributed by atoms with Gasteiger partial charge < -0.3 is 24.8 Å². The van der Waals surface area contributed by atoms with Crippen molar-refractivity contribution in [2.45, 2.75) is 66.1 Å². The Bertz CT molecular complexity index is 1410.